The van der Waals surface area contributed by atoms with Crippen LogP contribution < -0.4 is 10.9 Å². The Balaban J connectivity index is 2.16. The summed E-state index contributed by atoms with van der Waals surface area (Å²) in [5.41, 5.74) is 5.91. The Hall–Kier alpha value is -2.95. The van der Waals surface area contributed by atoms with Crippen molar-refractivity contribution in [3.8, 4) is 0 Å². The van der Waals surface area contributed by atoms with Crippen LogP contribution >= 0.6 is 23.3 Å². The highest BCUT2D eigenvalue weighted by molar-refractivity contribution is 7.97. The number of nitrogens with zero attached hydrogens (tertiary/aromatic N) is 2. The minimum atomic E-state index is -4.80. The molecule has 0 fully saturated rings. The van der Waals surface area contributed by atoms with E-state index in [4.69, 9.17) is 10.9 Å². The number of carbonyl (C=O) groups is 1. The van der Waals surface area contributed by atoms with Crippen LogP contribution in [0.15, 0.2) is 75.4 Å². The van der Waals surface area contributed by atoms with E-state index in [-0.39, 0.29) is 28.5 Å². The van der Waals surface area contributed by atoms with Gasteiger partial charge in [-0.15, -0.1) is 11.3 Å². The topological polar surface area (TPSA) is 94.4 Å². The van der Waals surface area contributed by atoms with Gasteiger partial charge in [-0.1, -0.05) is 42.5 Å². The average molecular weight is 463 g/mol. The minimum absolute atomic E-state index is 0.0155. The van der Waals surface area contributed by atoms with Gasteiger partial charge in [0.2, 0.25) is 5.13 Å². The molecule has 0 bridgehead atoms. The molecule has 1 aromatic heterocycles. The van der Waals surface area contributed by atoms with E-state index in [9.17, 15) is 18.0 Å². The number of nitrogens with two attached hydrogens (primary N) is 2. The molecule has 0 radical (unpaired) electrons. The first-order valence-corrected chi connectivity index (χ1v) is 10.6. The zero-order valence-corrected chi connectivity index (χ0v) is 17.6. The highest BCUT2D eigenvalue weighted by atomic mass is 32.2. The maximum absolute atomic E-state index is 14.1. The molecule has 0 unspecified atom stereocenters. The largest absolute Gasteiger partial charge is 0.433 e. The first-order valence-electron chi connectivity index (χ1n) is 8.88. The number of rotatable bonds is 7. The molecule has 0 spiro atoms. The maximum Gasteiger partial charge on any atom is 0.433 e. The van der Waals surface area contributed by atoms with Crippen LogP contribution in [0.2, 0.25) is 0 Å². The molecule has 0 aliphatic rings. The molecule has 5 nitrogen and oxygen atoms in total. The van der Waals surface area contributed by atoms with Crippen molar-refractivity contribution < 1.29 is 18.0 Å². The third-order valence-corrected chi connectivity index (χ3v) is 5.54. The molecule has 0 atom stereocenters. The third-order valence-electron chi connectivity index (χ3n) is 4.24. The molecular formula is C21H17F3N4OS2. The van der Waals surface area contributed by atoms with Gasteiger partial charge < -0.3 is 5.73 Å². The lowest BCUT2D eigenvalue weighted by atomic mass is 9.95. The zero-order chi connectivity index (χ0) is 22.4. The smallest absolute Gasteiger partial charge is 0.398 e. The van der Waals surface area contributed by atoms with Gasteiger partial charge >= 0.3 is 6.18 Å². The summed E-state index contributed by atoms with van der Waals surface area (Å²) in [4.78, 5) is 19.2. The van der Waals surface area contributed by atoms with E-state index in [1.807, 2.05) is 0 Å². The lowest BCUT2D eigenvalue weighted by Crippen LogP contribution is -2.28. The molecule has 10 heteroatoms. The summed E-state index contributed by atoms with van der Waals surface area (Å²) in [5.74, 6) is 0. The van der Waals surface area contributed by atoms with Crippen LogP contribution in [0.1, 0.15) is 21.6 Å². The number of aromatic nitrogens is 1. The molecule has 31 heavy (non-hydrogen) atoms. The van der Waals surface area contributed by atoms with Crippen molar-refractivity contribution in [1.29, 1.82) is 0 Å². The number of aliphatic imine (C=N–C) groups is 1. The van der Waals surface area contributed by atoms with Crippen LogP contribution in [-0.2, 0) is 6.42 Å². The van der Waals surface area contributed by atoms with Crippen LogP contribution in [0.25, 0.3) is 5.70 Å². The van der Waals surface area contributed by atoms with Gasteiger partial charge in [-0.05, 0) is 35.2 Å². The lowest BCUT2D eigenvalue weighted by Gasteiger charge is -2.17. The van der Waals surface area contributed by atoms with Crippen molar-refractivity contribution in [2.75, 3.05) is 0 Å². The number of halogens is 3. The number of benzene rings is 2. The Labute approximate surface area is 184 Å². The van der Waals surface area contributed by atoms with E-state index >= 15 is 0 Å². The van der Waals surface area contributed by atoms with Crippen LogP contribution in [0.3, 0.4) is 0 Å². The van der Waals surface area contributed by atoms with Crippen molar-refractivity contribution in [2.45, 2.75) is 17.5 Å². The second-order valence-electron chi connectivity index (χ2n) is 6.33. The van der Waals surface area contributed by atoms with Gasteiger partial charge in [0.15, 0.2) is 12.0 Å². The van der Waals surface area contributed by atoms with Gasteiger partial charge in [0.05, 0.1) is 0 Å². The quantitative estimate of drug-likeness (QED) is 0.287. The Morgan fingerprint density at radius 2 is 1.81 bits per heavy atom. The Morgan fingerprint density at radius 1 is 1.13 bits per heavy atom. The first kappa shape index (κ1) is 22.7. The van der Waals surface area contributed by atoms with E-state index in [0.717, 1.165) is 28.2 Å². The summed E-state index contributed by atoms with van der Waals surface area (Å²) < 4.78 is 42.3. The standard InChI is InChI=1S/C21H17F3N4OS2/c22-21(23,24)19(28-20-27-15(11-29)12-30-20)17(18(25)14-4-2-1-3-5-14)10-13-6-8-16(31-26)9-7-13/h1-9,11-12H,10,25-26H2. The number of hydrogen-bond acceptors (Lipinski definition) is 7. The molecule has 0 amide bonds. The number of carbonyl (C=O) groups excluding carboxylic acids is 1. The molecule has 0 saturated heterocycles. The number of allylic oxidation sites excluding steroid dienone is 1. The highest BCUT2D eigenvalue weighted by Crippen LogP contribution is 2.32. The number of aldehydes is 1. The third kappa shape index (κ3) is 5.81. The Morgan fingerprint density at radius 3 is 2.35 bits per heavy atom. The molecule has 2 aromatic carbocycles. The van der Waals surface area contributed by atoms with Crippen molar-refractivity contribution in [2.24, 2.45) is 15.9 Å². The van der Waals surface area contributed by atoms with E-state index in [1.54, 1.807) is 54.6 Å². The highest BCUT2D eigenvalue weighted by Gasteiger charge is 2.39. The fraction of sp³-hybridized carbons (Fsp3) is 0.0952. The average Bonchev–Trinajstić information content (AvgIpc) is 3.24. The molecule has 3 aromatic rings. The second-order valence-corrected chi connectivity index (χ2v) is 7.87. The van der Waals surface area contributed by atoms with Crippen LogP contribution in [0.5, 0.6) is 0 Å². The number of alkyl halides is 3. The second kappa shape index (κ2) is 9.90. The fourth-order valence-corrected chi connectivity index (χ4v) is 3.70. The van der Waals surface area contributed by atoms with Crippen LogP contribution in [-0.4, -0.2) is 23.2 Å². The van der Waals surface area contributed by atoms with Gasteiger partial charge in [0.1, 0.15) is 5.69 Å². The predicted octanol–water partition coefficient (Wildman–Crippen LogP) is 5.17. The molecule has 0 aliphatic heterocycles. The van der Waals surface area contributed by atoms with E-state index in [2.05, 4.69) is 9.98 Å². The van der Waals surface area contributed by atoms with E-state index < -0.39 is 11.9 Å². The maximum atomic E-state index is 14.1. The molecule has 0 aliphatic carbocycles. The van der Waals surface area contributed by atoms with Crippen molar-refractivity contribution in [3.05, 3.63) is 82.4 Å². The summed E-state index contributed by atoms with van der Waals surface area (Å²) in [6, 6.07) is 15.2. The molecule has 0 saturated carbocycles. The summed E-state index contributed by atoms with van der Waals surface area (Å²) in [6.07, 6.45) is -4.45. The normalized spacial score (nSPS) is 13.1. The molecule has 160 valence electrons. The number of thiazole rings is 1. The summed E-state index contributed by atoms with van der Waals surface area (Å²) in [5, 5.41) is 6.68. The first-order chi connectivity index (χ1) is 14.8. The van der Waals surface area contributed by atoms with Crippen molar-refractivity contribution in [3.63, 3.8) is 0 Å². The molecule has 4 N–H and O–H groups in total. The zero-order valence-electron chi connectivity index (χ0n) is 16.0. The monoisotopic (exact) mass is 462 g/mol. The van der Waals surface area contributed by atoms with Crippen LogP contribution in [0.4, 0.5) is 18.3 Å². The molecular weight excluding hydrogens is 445 g/mol. The summed E-state index contributed by atoms with van der Waals surface area (Å²) >= 11 is 1.89. The number of hydrogen-bond donors (Lipinski definition) is 2. The van der Waals surface area contributed by atoms with Gasteiger partial charge in [-0.3, -0.25) is 9.93 Å². The fourth-order valence-electron chi connectivity index (χ4n) is 2.77. The van der Waals surface area contributed by atoms with Gasteiger partial charge in [-0.2, -0.15) is 13.2 Å². The van der Waals surface area contributed by atoms with Crippen molar-refractivity contribution in [1.82, 2.24) is 4.98 Å². The molecule has 3 rings (SSSR count). The van der Waals surface area contributed by atoms with Gasteiger partial charge in [0.25, 0.3) is 0 Å². The van der Waals surface area contributed by atoms with E-state index in [0.29, 0.717) is 17.4 Å². The van der Waals surface area contributed by atoms with Crippen LogP contribution in [0, 0.1) is 0 Å². The summed E-state index contributed by atoms with van der Waals surface area (Å²) in [7, 11) is 0. The van der Waals surface area contributed by atoms with Gasteiger partial charge in [0, 0.05) is 28.0 Å². The minimum Gasteiger partial charge on any atom is -0.398 e. The summed E-state index contributed by atoms with van der Waals surface area (Å²) in [6.45, 7) is 0. The predicted molar refractivity (Wildman–Crippen MR) is 118 cm³/mol. The van der Waals surface area contributed by atoms with E-state index in [1.165, 1.54) is 5.38 Å². The lowest BCUT2D eigenvalue weighted by molar-refractivity contribution is -0.0582. The molecule has 1 heterocycles. The Kier molecular flexibility index (Phi) is 7.26. The van der Waals surface area contributed by atoms with Gasteiger partial charge in [-0.25, -0.2) is 9.98 Å². The Bertz CT molecular complexity index is 1110. The van der Waals surface area contributed by atoms with Crippen molar-refractivity contribution >= 4 is 46.1 Å². The SMILES string of the molecule is NSc1ccc(CC(C(=Nc2nc(C=O)cs2)C(F)(F)F)=C(N)c2ccccc2)cc1.